The molecule has 16 heavy (non-hydrogen) atoms. The van der Waals surface area contributed by atoms with Crippen LogP contribution >= 0.6 is 0 Å². The number of methoxy groups -OCH3 is 1. The Bertz CT molecular complexity index is 360. The van der Waals surface area contributed by atoms with E-state index in [-0.39, 0.29) is 6.04 Å². The van der Waals surface area contributed by atoms with Crippen molar-refractivity contribution in [2.45, 2.75) is 19.4 Å². The Labute approximate surface area is 98.1 Å². The minimum Gasteiger partial charge on any atom is -0.481 e. The van der Waals surface area contributed by atoms with Crippen LogP contribution in [0.1, 0.15) is 13.3 Å². The van der Waals surface area contributed by atoms with Crippen molar-refractivity contribution in [3.05, 3.63) is 12.3 Å². The third-order valence-electron chi connectivity index (χ3n) is 2.05. The van der Waals surface area contributed by atoms with E-state index in [2.05, 4.69) is 15.3 Å². The lowest BCUT2D eigenvalue weighted by Crippen LogP contribution is -2.19. The smallest absolute Gasteiger partial charge is 0.226 e. The summed E-state index contributed by atoms with van der Waals surface area (Å²) in [6.07, 6.45) is 4.16. The Hall–Kier alpha value is -1.17. The van der Waals surface area contributed by atoms with Crippen LogP contribution in [0.4, 0.5) is 5.95 Å². The van der Waals surface area contributed by atoms with Gasteiger partial charge in [-0.05, 0) is 13.3 Å². The molecule has 1 aromatic rings. The van der Waals surface area contributed by atoms with Crippen LogP contribution in [0.2, 0.25) is 0 Å². The van der Waals surface area contributed by atoms with Gasteiger partial charge in [0.05, 0.1) is 7.11 Å². The quantitative estimate of drug-likeness (QED) is 0.809. The summed E-state index contributed by atoms with van der Waals surface area (Å²) in [6, 6.07) is 1.88. The van der Waals surface area contributed by atoms with Gasteiger partial charge in [0, 0.05) is 41.1 Å². The molecule has 0 radical (unpaired) electrons. The van der Waals surface area contributed by atoms with Gasteiger partial charge in [-0.25, -0.2) is 4.98 Å². The lowest BCUT2D eigenvalue weighted by atomic mass is 10.3. The molecule has 0 spiro atoms. The van der Waals surface area contributed by atoms with Gasteiger partial charge in [0.1, 0.15) is 0 Å². The van der Waals surface area contributed by atoms with Gasteiger partial charge in [0.2, 0.25) is 11.8 Å². The molecule has 1 rings (SSSR count). The van der Waals surface area contributed by atoms with Gasteiger partial charge in [0.25, 0.3) is 0 Å². The summed E-state index contributed by atoms with van der Waals surface area (Å²) in [7, 11) is 0.810. The standard InChI is InChI=1S/C10H17N3O2S/c1-8(5-7-16(3)14)12-10-11-6-4-9(13-10)15-2/h4,6,8H,5,7H2,1-3H3,(H,11,12,13). The molecule has 0 aromatic carbocycles. The second-order valence-electron chi connectivity index (χ2n) is 3.53. The zero-order chi connectivity index (χ0) is 12.0. The molecular weight excluding hydrogens is 226 g/mol. The van der Waals surface area contributed by atoms with E-state index in [4.69, 9.17) is 4.74 Å². The number of nitrogens with zero attached hydrogens (tertiary/aromatic N) is 2. The van der Waals surface area contributed by atoms with Crippen LogP contribution in [0.3, 0.4) is 0 Å². The van der Waals surface area contributed by atoms with Gasteiger partial charge < -0.3 is 10.1 Å². The second kappa shape index (κ2) is 6.42. The third kappa shape index (κ3) is 4.57. The Morgan fingerprint density at radius 1 is 1.62 bits per heavy atom. The highest BCUT2D eigenvalue weighted by Gasteiger charge is 2.05. The fourth-order valence-electron chi connectivity index (χ4n) is 1.16. The molecule has 90 valence electrons. The topological polar surface area (TPSA) is 64.1 Å². The summed E-state index contributed by atoms with van der Waals surface area (Å²) in [4.78, 5) is 8.21. The molecule has 1 N–H and O–H groups in total. The molecule has 0 aliphatic carbocycles. The van der Waals surface area contributed by atoms with Crippen LogP contribution in [0.15, 0.2) is 12.3 Å². The summed E-state index contributed by atoms with van der Waals surface area (Å²) >= 11 is 0. The van der Waals surface area contributed by atoms with E-state index in [0.717, 1.165) is 6.42 Å². The van der Waals surface area contributed by atoms with E-state index in [1.165, 1.54) is 0 Å². The first kappa shape index (κ1) is 12.9. The van der Waals surface area contributed by atoms with Crippen molar-refractivity contribution in [1.82, 2.24) is 9.97 Å². The van der Waals surface area contributed by atoms with E-state index in [9.17, 15) is 4.21 Å². The van der Waals surface area contributed by atoms with Crippen LogP contribution in [0.25, 0.3) is 0 Å². The van der Waals surface area contributed by atoms with Crippen molar-refractivity contribution in [3.8, 4) is 5.88 Å². The maximum atomic E-state index is 10.9. The van der Waals surface area contributed by atoms with Crippen molar-refractivity contribution in [2.75, 3.05) is 24.4 Å². The molecule has 0 aliphatic heterocycles. The summed E-state index contributed by atoms with van der Waals surface area (Å²) in [6.45, 7) is 2.01. The number of rotatable bonds is 6. The molecule has 0 amide bonds. The van der Waals surface area contributed by atoms with Gasteiger partial charge in [-0.15, -0.1) is 0 Å². The number of anilines is 1. The van der Waals surface area contributed by atoms with Gasteiger partial charge in [-0.2, -0.15) is 4.98 Å². The van der Waals surface area contributed by atoms with Crippen molar-refractivity contribution in [3.63, 3.8) is 0 Å². The lowest BCUT2D eigenvalue weighted by Gasteiger charge is -2.12. The van der Waals surface area contributed by atoms with Crippen molar-refractivity contribution in [1.29, 1.82) is 0 Å². The lowest BCUT2D eigenvalue weighted by molar-refractivity contribution is 0.397. The molecule has 5 nitrogen and oxygen atoms in total. The van der Waals surface area contributed by atoms with Crippen LogP contribution in [0.5, 0.6) is 5.88 Å². The van der Waals surface area contributed by atoms with Crippen LogP contribution in [0, 0.1) is 0 Å². The van der Waals surface area contributed by atoms with Crippen molar-refractivity contribution in [2.24, 2.45) is 0 Å². The third-order valence-corrected chi connectivity index (χ3v) is 2.86. The molecule has 0 fully saturated rings. The molecule has 0 bridgehead atoms. The highest BCUT2D eigenvalue weighted by atomic mass is 32.2. The monoisotopic (exact) mass is 243 g/mol. The Balaban J connectivity index is 2.48. The first-order valence-electron chi connectivity index (χ1n) is 5.05. The Morgan fingerprint density at radius 2 is 2.38 bits per heavy atom. The average Bonchev–Trinajstić information content (AvgIpc) is 2.26. The number of hydrogen-bond donors (Lipinski definition) is 1. The maximum Gasteiger partial charge on any atom is 0.226 e. The van der Waals surface area contributed by atoms with Gasteiger partial charge in [0.15, 0.2) is 0 Å². The normalized spacial score (nSPS) is 14.2. The second-order valence-corrected chi connectivity index (χ2v) is 5.09. The van der Waals surface area contributed by atoms with Crippen LogP contribution in [-0.4, -0.2) is 39.3 Å². The SMILES string of the molecule is COc1ccnc(NC(C)CCS(C)=O)n1. The summed E-state index contributed by atoms with van der Waals surface area (Å²) in [5.41, 5.74) is 0. The molecular formula is C10H17N3O2S. The molecule has 1 heterocycles. The molecule has 0 saturated heterocycles. The van der Waals surface area contributed by atoms with E-state index in [1.807, 2.05) is 6.92 Å². The van der Waals surface area contributed by atoms with Crippen LogP contribution in [-0.2, 0) is 10.8 Å². The van der Waals surface area contributed by atoms with Gasteiger partial charge >= 0.3 is 0 Å². The largest absolute Gasteiger partial charge is 0.481 e. The van der Waals surface area contributed by atoms with Gasteiger partial charge in [-0.1, -0.05) is 0 Å². The van der Waals surface area contributed by atoms with Crippen LogP contribution < -0.4 is 10.1 Å². The number of nitrogens with one attached hydrogen (secondary N) is 1. The van der Waals surface area contributed by atoms with Gasteiger partial charge in [-0.3, -0.25) is 4.21 Å². The summed E-state index contributed by atoms with van der Waals surface area (Å²) < 4.78 is 15.9. The highest BCUT2D eigenvalue weighted by molar-refractivity contribution is 7.84. The first-order chi connectivity index (χ1) is 7.61. The number of hydrogen-bond acceptors (Lipinski definition) is 5. The highest BCUT2D eigenvalue weighted by Crippen LogP contribution is 2.09. The van der Waals surface area contributed by atoms with E-state index >= 15 is 0 Å². The molecule has 2 atom stereocenters. The zero-order valence-electron chi connectivity index (χ0n) is 9.77. The fraction of sp³-hybridized carbons (Fsp3) is 0.600. The number of aromatic nitrogens is 2. The molecule has 0 saturated carbocycles. The zero-order valence-corrected chi connectivity index (χ0v) is 10.6. The summed E-state index contributed by atoms with van der Waals surface area (Å²) in [5, 5.41) is 3.14. The van der Waals surface area contributed by atoms with Crippen molar-refractivity contribution < 1.29 is 8.95 Å². The predicted octanol–water partition coefficient (Wildman–Crippen LogP) is 1.05. The van der Waals surface area contributed by atoms with E-state index in [1.54, 1.807) is 25.6 Å². The minimum absolute atomic E-state index is 0.191. The van der Waals surface area contributed by atoms with E-state index < -0.39 is 10.8 Å². The summed E-state index contributed by atoms with van der Waals surface area (Å²) in [5.74, 6) is 1.75. The average molecular weight is 243 g/mol. The molecule has 6 heteroatoms. The fourth-order valence-corrected chi connectivity index (χ4v) is 1.85. The first-order valence-corrected chi connectivity index (χ1v) is 6.78. The molecule has 2 unspecified atom stereocenters. The molecule has 0 aliphatic rings. The molecule has 1 aromatic heterocycles. The number of ether oxygens (including phenoxy) is 1. The maximum absolute atomic E-state index is 10.9. The Kier molecular flexibility index (Phi) is 5.18. The van der Waals surface area contributed by atoms with E-state index in [0.29, 0.717) is 17.6 Å². The predicted molar refractivity (Wildman–Crippen MR) is 65.2 cm³/mol. The van der Waals surface area contributed by atoms with Crippen molar-refractivity contribution >= 4 is 16.7 Å². The minimum atomic E-state index is -0.756. The Morgan fingerprint density at radius 3 is 3.00 bits per heavy atom.